The summed E-state index contributed by atoms with van der Waals surface area (Å²) in [7, 11) is 0. The maximum absolute atomic E-state index is 13.5. The summed E-state index contributed by atoms with van der Waals surface area (Å²) in [5.41, 5.74) is 0.0801. The maximum Gasteiger partial charge on any atom is 0.393 e. The molecule has 1 amide bonds. The van der Waals surface area contributed by atoms with E-state index in [0.717, 1.165) is 17.4 Å². The lowest BCUT2D eigenvalue weighted by atomic mass is 9.98. The van der Waals surface area contributed by atoms with E-state index < -0.39 is 40.8 Å². The lowest BCUT2D eigenvalue weighted by molar-refractivity contribution is -0.381. The monoisotopic (exact) mass is 420 g/mol. The standard InChI is InChI=1S/C12H7ClF10N2O/c1-5-3-2-4-6(24-5)25-7(26)8(14,15)9(16,17)10(18,19)11(20,21)12(13,22)23/h2-4H,1H3,(H,24,25,26). The third-order valence-electron chi connectivity index (χ3n) is 2.95. The molecule has 1 heterocycles. The molecule has 0 radical (unpaired) electrons. The fourth-order valence-electron chi connectivity index (χ4n) is 1.52. The minimum atomic E-state index is -7.40. The van der Waals surface area contributed by atoms with Crippen LogP contribution in [0, 0.1) is 6.92 Å². The van der Waals surface area contributed by atoms with Gasteiger partial charge in [0.15, 0.2) is 0 Å². The number of aryl methyl sites for hydroxylation is 1. The zero-order chi connectivity index (χ0) is 20.8. The second kappa shape index (κ2) is 6.43. The number of rotatable bonds is 6. The van der Waals surface area contributed by atoms with E-state index in [1.54, 1.807) is 0 Å². The van der Waals surface area contributed by atoms with Crippen LogP contribution in [0.4, 0.5) is 49.7 Å². The van der Waals surface area contributed by atoms with Crippen LogP contribution in [0.1, 0.15) is 5.69 Å². The van der Waals surface area contributed by atoms with Gasteiger partial charge in [0.1, 0.15) is 5.82 Å². The lowest BCUT2D eigenvalue weighted by Gasteiger charge is -2.37. The predicted molar refractivity (Wildman–Crippen MR) is 68.2 cm³/mol. The summed E-state index contributed by atoms with van der Waals surface area (Å²) in [6.07, 6.45) is 0. The van der Waals surface area contributed by atoms with Crippen LogP contribution < -0.4 is 5.32 Å². The summed E-state index contributed by atoms with van der Waals surface area (Å²) in [5, 5.41) is -5.30. The van der Waals surface area contributed by atoms with Crippen molar-refractivity contribution in [1.82, 2.24) is 4.98 Å². The van der Waals surface area contributed by atoms with Crippen molar-refractivity contribution in [2.45, 2.75) is 36.0 Å². The molecule has 0 saturated carbocycles. The van der Waals surface area contributed by atoms with Crippen molar-refractivity contribution in [2.24, 2.45) is 0 Å². The van der Waals surface area contributed by atoms with E-state index in [1.807, 2.05) is 0 Å². The van der Waals surface area contributed by atoms with Crippen LogP contribution in [0.15, 0.2) is 18.2 Å². The van der Waals surface area contributed by atoms with E-state index in [0.29, 0.717) is 0 Å². The number of halogens is 11. The van der Waals surface area contributed by atoms with Gasteiger partial charge in [-0.1, -0.05) is 6.07 Å². The molecule has 1 aromatic rings. The first-order valence-corrected chi connectivity index (χ1v) is 6.60. The van der Waals surface area contributed by atoms with Gasteiger partial charge in [0.05, 0.1) is 0 Å². The van der Waals surface area contributed by atoms with Crippen LogP contribution in [0.5, 0.6) is 0 Å². The number of amides is 1. The van der Waals surface area contributed by atoms with Crippen molar-refractivity contribution < 1.29 is 48.7 Å². The third kappa shape index (κ3) is 3.40. The van der Waals surface area contributed by atoms with Gasteiger partial charge in [0.25, 0.3) is 0 Å². The molecule has 3 nitrogen and oxygen atoms in total. The van der Waals surface area contributed by atoms with E-state index in [1.165, 1.54) is 13.0 Å². The Bertz CT molecular complexity index is 689. The van der Waals surface area contributed by atoms with Crippen LogP contribution in [0.25, 0.3) is 0 Å². The normalized spacial score (nSPS) is 14.3. The Morgan fingerprint density at radius 3 is 1.85 bits per heavy atom. The van der Waals surface area contributed by atoms with Crippen LogP contribution in [0.3, 0.4) is 0 Å². The molecule has 0 aliphatic carbocycles. The summed E-state index contributed by atoms with van der Waals surface area (Å²) in [6.45, 7) is 1.28. The Morgan fingerprint density at radius 2 is 1.42 bits per heavy atom. The molecule has 0 bridgehead atoms. The molecule has 0 aliphatic heterocycles. The molecule has 0 aromatic carbocycles. The number of hydrogen-bond donors (Lipinski definition) is 1. The van der Waals surface area contributed by atoms with Gasteiger partial charge in [-0.25, -0.2) is 4.98 Å². The van der Waals surface area contributed by atoms with Crippen molar-refractivity contribution in [1.29, 1.82) is 0 Å². The average molecular weight is 421 g/mol. The zero-order valence-corrected chi connectivity index (χ0v) is 13.0. The van der Waals surface area contributed by atoms with Crippen molar-refractivity contribution in [3.63, 3.8) is 0 Å². The van der Waals surface area contributed by atoms with Crippen molar-refractivity contribution in [3.8, 4) is 0 Å². The van der Waals surface area contributed by atoms with E-state index >= 15 is 0 Å². The summed E-state index contributed by atoms with van der Waals surface area (Å²) < 4.78 is 131. The molecule has 14 heteroatoms. The first-order valence-electron chi connectivity index (χ1n) is 6.22. The van der Waals surface area contributed by atoms with Gasteiger partial charge in [0.2, 0.25) is 0 Å². The van der Waals surface area contributed by atoms with Gasteiger partial charge in [-0.15, -0.1) is 0 Å². The number of carbonyl (C=O) groups is 1. The molecule has 0 spiro atoms. The number of nitrogens with zero attached hydrogens (tertiary/aromatic N) is 1. The van der Waals surface area contributed by atoms with Gasteiger partial charge in [0, 0.05) is 5.69 Å². The Morgan fingerprint density at radius 1 is 0.923 bits per heavy atom. The number of pyridine rings is 1. The molecule has 0 atom stereocenters. The number of nitrogens with one attached hydrogen (secondary N) is 1. The van der Waals surface area contributed by atoms with Crippen molar-refractivity contribution in [2.75, 3.05) is 5.32 Å². The van der Waals surface area contributed by atoms with E-state index in [9.17, 15) is 48.7 Å². The SMILES string of the molecule is Cc1cccc(NC(=O)C(F)(F)C(F)(F)C(F)(F)C(F)(F)C(F)(F)Cl)n1. The summed E-state index contributed by atoms with van der Waals surface area (Å²) in [5.74, 6) is -32.3. The first kappa shape index (κ1) is 22.3. The Labute approximate surface area is 143 Å². The Kier molecular flexibility index (Phi) is 5.50. The van der Waals surface area contributed by atoms with Crippen LogP contribution in [-0.4, -0.2) is 40.0 Å². The lowest BCUT2D eigenvalue weighted by Crippen LogP contribution is -2.68. The topological polar surface area (TPSA) is 42.0 Å². The molecule has 1 N–H and O–H groups in total. The van der Waals surface area contributed by atoms with E-state index in [4.69, 9.17) is 0 Å². The predicted octanol–water partition coefficient (Wildman–Crippen LogP) is 4.70. The zero-order valence-electron chi connectivity index (χ0n) is 12.2. The molecular weight excluding hydrogens is 414 g/mol. The Balaban J connectivity index is 3.28. The van der Waals surface area contributed by atoms with Gasteiger partial charge < -0.3 is 5.32 Å². The summed E-state index contributed by atoms with van der Waals surface area (Å²) >= 11 is 3.64. The highest BCUT2D eigenvalue weighted by Crippen LogP contribution is 2.58. The van der Waals surface area contributed by atoms with E-state index in [2.05, 4.69) is 16.6 Å². The smallest absolute Gasteiger partial charge is 0.305 e. The fourth-order valence-corrected chi connectivity index (χ4v) is 1.64. The Hall–Kier alpha value is -1.79. The summed E-state index contributed by atoms with van der Waals surface area (Å²) in [4.78, 5) is 14.6. The highest BCUT2D eigenvalue weighted by molar-refractivity contribution is 6.22. The van der Waals surface area contributed by atoms with Crippen LogP contribution in [0.2, 0.25) is 0 Å². The second-order valence-electron chi connectivity index (χ2n) is 4.91. The van der Waals surface area contributed by atoms with Crippen molar-refractivity contribution in [3.05, 3.63) is 23.9 Å². The highest BCUT2D eigenvalue weighted by Gasteiger charge is 2.87. The van der Waals surface area contributed by atoms with Gasteiger partial charge in [-0.2, -0.15) is 43.9 Å². The van der Waals surface area contributed by atoms with Gasteiger partial charge >= 0.3 is 35.0 Å². The molecule has 26 heavy (non-hydrogen) atoms. The fraction of sp³-hybridized carbons (Fsp3) is 0.500. The number of alkyl halides is 11. The van der Waals surface area contributed by atoms with E-state index in [-0.39, 0.29) is 5.69 Å². The molecule has 0 saturated heterocycles. The third-order valence-corrected chi connectivity index (χ3v) is 3.19. The number of anilines is 1. The van der Waals surface area contributed by atoms with Gasteiger partial charge in [-0.05, 0) is 30.7 Å². The first-order chi connectivity index (χ1) is 11.4. The second-order valence-corrected chi connectivity index (χ2v) is 5.39. The minimum absolute atomic E-state index is 0.0801. The molecule has 1 rings (SSSR count). The molecule has 0 fully saturated rings. The number of aromatic nitrogens is 1. The maximum atomic E-state index is 13.5. The molecular formula is C12H7ClF10N2O. The molecule has 1 aromatic heterocycles. The van der Waals surface area contributed by atoms with Crippen molar-refractivity contribution >= 4 is 23.3 Å². The number of carbonyl (C=O) groups excluding carboxylic acids is 1. The summed E-state index contributed by atoms with van der Waals surface area (Å²) in [6, 6.07) is 3.17. The van der Waals surface area contributed by atoms with Gasteiger partial charge in [-0.3, -0.25) is 4.79 Å². The van der Waals surface area contributed by atoms with Crippen LogP contribution >= 0.6 is 11.6 Å². The highest BCUT2D eigenvalue weighted by atomic mass is 35.5. The molecule has 148 valence electrons. The average Bonchev–Trinajstić information content (AvgIpc) is 2.45. The quantitative estimate of drug-likeness (QED) is 0.535. The molecule has 0 aliphatic rings. The largest absolute Gasteiger partial charge is 0.393 e. The number of hydrogen-bond acceptors (Lipinski definition) is 2. The molecule has 0 unspecified atom stereocenters. The van der Waals surface area contributed by atoms with Crippen LogP contribution in [-0.2, 0) is 4.79 Å². The minimum Gasteiger partial charge on any atom is -0.305 e.